The van der Waals surface area contributed by atoms with Crippen molar-refractivity contribution < 1.29 is 19.5 Å². The second-order valence-electron chi connectivity index (χ2n) is 6.17. The molecule has 0 radical (unpaired) electrons. The molecule has 10 heteroatoms. The summed E-state index contributed by atoms with van der Waals surface area (Å²) < 4.78 is 12.3. The quantitative estimate of drug-likeness (QED) is 0.538. The van der Waals surface area contributed by atoms with Gasteiger partial charge < -0.3 is 14.6 Å². The number of aliphatic hydroxyl groups is 1. The zero-order valence-electron chi connectivity index (χ0n) is 14.4. The van der Waals surface area contributed by atoms with E-state index < -0.39 is 22.4 Å². The van der Waals surface area contributed by atoms with E-state index in [1.807, 2.05) is 0 Å². The van der Waals surface area contributed by atoms with Crippen LogP contribution in [0.1, 0.15) is 30.2 Å². The van der Waals surface area contributed by atoms with Gasteiger partial charge in [-0.1, -0.05) is 12.1 Å². The number of hydrogen-bond donors (Lipinski definition) is 2. The highest BCUT2D eigenvalue weighted by molar-refractivity contribution is 5.39. The third kappa shape index (κ3) is 4.30. The number of benzene rings is 1. The van der Waals surface area contributed by atoms with E-state index in [1.165, 1.54) is 16.8 Å². The first-order valence-electron chi connectivity index (χ1n) is 8.40. The molecule has 1 aliphatic heterocycles. The van der Waals surface area contributed by atoms with Crippen LogP contribution in [0.5, 0.6) is 0 Å². The average Bonchev–Trinajstić information content (AvgIpc) is 3.12. The van der Waals surface area contributed by atoms with Gasteiger partial charge in [0.2, 0.25) is 0 Å². The van der Waals surface area contributed by atoms with Crippen LogP contribution in [-0.4, -0.2) is 32.3 Å². The van der Waals surface area contributed by atoms with Gasteiger partial charge in [0.15, 0.2) is 0 Å². The molecule has 2 N–H and O–H groups in total. The van der Waals surface area contributed by atoms with Crippen LogP contribution in [0, 0.1) is 10.1 Å². The molecule has 0 aliphatic carbocycles. The number of nitro groups is 1. The van der Waals surface area contributed by atoms with Crippen LogP contribution in [0.25, 0.3) is 0 Å². The maximum Gasteiger partial charge on any atom is 0.330 e. The van der Waals surface area contributed by atoms with Crippen LogP contribution in [0.3, 0.4) is 0 Å². The van der Waals surface area contributed by atoms with E-state index in [-0.39, 0.29) is 37.2 Å². The van der Waals surface area contributed by atoms with Crippen LogP contribution in [0.15, 0.2) is 40.1 Å². The molecule has 1 fully saturated rings. The highest BCUT2D eigenvalue weighted by Crippen LogP contribution is 2.26. The van der Waals surface area contributed by atoms with E-state index in [4.69, 9.17) is 14.6 Å². The Balaban J connectivity index is 1.72. The number of ether oxygens (including phenoxy) is 2. The van der Waals surface area contributed by atoms with E-state index in [0.717, 1.165) is 0 Å². The summed E-state index contributed by atoms with van der Waals surface area (Å²) in [5.41, 5.74) is -0.672. The van der Waals surface area contributed by atoms with Gasteiger partial charge in [0.1, 0.15) is 6.23 Å². The molecule has 1 saturated heterocycles. The molecule has 0 saturated carbocycles. The number of nitrogens with one attached hydrogen (secondary N) is 1. The average molecular weight is 377 g/mol. The predicted molar refractivity (Wildman–Crippen MR) is 93.1 cm³/mol. The van der Waals surface area contributed by atoms with Gasteiger partial charge >= 0.3 is 5.69 Å². The minimum absolute atomic E-state index is 0.0533. The fourth-order valence-electron chi connectivity index (χ4n) is 2.95. The molecular weight excluding hydrogens is 358 g/mol. The molecule has 0 amide bonds. The number of nitrogens with zero attached hydrogens (tertiary/aromatic N) is 2. The van der Waals surface area contributed by atoms with Crippen molar-refractivity contribution in [2.75, 3.05) is 6.61 Å². The molecule has 1 aliphatic rings. The normalized spacial score (nSPS) is 19.3. The SMILES string of the molecule is O=c1[nH]c(=O)n([C@H]2CC[C@@H](CO)O2)cc1COCc1ccccc1[N+](=O)[O-]. The molecule has 0 bridgehead atoms. The number of para-hydroxylation sites is 1. The van der Waals surface area contributed by atoms with Crippen molar-refractivity contribution >= 4 is 5.69 Å². The topological polar surface area (TPSA) is 137 Å². The smallest absolute Gasteiger partial charge is 0.330 e. The predicted octanol–water partition coefficient (Wildman–Crippen LogP) is 0.831. The Labute approximate surface area is 153 Å². The van der Waals surface area contributed by atoms with E-state index >= 15 is 0 Å². The van der Waals surface area contributed by atoms with E-state index in [0.29, 0.717) is 18.4 Å². The lowest BCUT2D eigenvalue weighted by molar-refractivity contribution is -0.386. The first kappa shape index (κ1) is 19.0. The number of rotatable bonds is 7. The molecule has 10 nitrogen and oxygen atoms in total. The molecule has 0 unspecified atom stereocenters. The Morgan fingerprint density at radius 2 is 2.00 bits per heavy atom. The van der Waals surface area contributed by atoms with E-state index in [1.54, 1.807) is 18.2 Å². The summed E-state index contributed by atoms with van der Waals surface area (Å²) in [4.78, 5) is 36.8. The Kier molecular flexibility index (Phi) is 5.79. The fourth-order valence-corrected chi connectivity index (χ4v) is 2.95. The van der Waals surface area contributed by atoms with Crippen LogP contribution in [0.4, 0.5) is 5.69 Å². The maximum absolute atomic E-state index is 12.0. The zero-order valence-corrected chi connectivity index (χ0v) is 14.4. The molecule has 2 atom stereocenters. The number of hydrogen-bond acceptors (Lipinski definition) is 7. The lowest BCUT2D eigenvalue weighted by Crippen LogP contribution is -2.34. The highest BCUT2D eigenvalue weighted by Gasteiger charge is 2.27. The second-order valence-corrected chi connectivity index (χ2v) is 6.17. The first-order chi connectivity index (χ1) is 13.0. The number of H-pyrrole nitrogens is 1. The Hall–Kier alpha value is -2.82. The van der Waals surface area contributed by atoms with Crippen molar-refractivity contribution in [3.63, 3.8) is 0 Å². The first-order valence-corrected chi connectivity index (χ1v) is 8.40. The Morgan fingerprint density at radius 1 is 1.26 bits per heavy atom. The van der Waals surface area contributed by atoms with Crippen molar-refractivity contribution in [1.29, 1.82) is 0 Å². The van der Waals surface area contributed by atoms with Crippen molar-refractivity contribution in [2.45, 2.75) is 38.4 Å². The number of aromatic nitrogens is 2. The molecule has 1 aromatic heterocycles. The largest absolute Gasteiger partial charge is 0.394 e. The minimum Gasteiger partial charge on any atom is -0.394 e. The highest BCUT2D eigenvalue weighted by atomic mass is 16.6. The molecule has 2 aromatic rings. The van der Waals surface area contributed by atoms with Crippen molar-refractivity contribution in [3.8, 4) is 0 Å². The van der Waals surface area contributed by atoms with Crippen molar-refractivity contribution in [3.05, 3.63) is 72.5 Å². The minimum atomic E-state index is -0.606. The van der Waals surface area contributed by atoms with Gasteiger partial charge in [0.05, 0.1) is 42.0 Å². The summed E-state index contributed by atoms with van der Waals surface area (Å²) in [6.45, 7) is -0.319. The van der Waals surface area contributed by atoms with Gasteiger partial charge in [-0.3, -0.25) is 24.5 Å². The molecule has 1 aromatic carbocycles. The maximum atomic E-state index is 12.0. The van der Waals surface area contributed by atoms with Crippen LogP contribution in [-0.2, 0) is 22.7 Å². The van der Waals surface area contributed by atoms with E-state index in [2.05, 4.69) is 4.98 Å². The monoisotopic (exact) mass is 377 g/mol. The van der Waals surface area contributed by atoms with Gasteiger partial charge in [-0.15, -0.1) is 0 Å². The van der Waals surface area contributed by atoms with Crippen molar-refractivity contribution in [2.24, 2.45) is 0 Å². The number of nitro benzene ring substituents is 1. The molecular formula is C17H19N3O7. The zero-order chi connectivity index (χ0) is 19.4. The summed E-state index contributed by atoms with van der Waals surface area (Å²) in [6.07, 6.45) is 1.60. The summed E-state index contributed by atoms with van der Waals surface area (Å²) in [5.74, 6) is 0. The van der Waals surface area contributed by atoms with Crippen LogP contribution in [0.2, 0.25) is 0 Å². The Morgan fingerprint density at radius 3 is 2.70 bits per heavy atom. The second kappa shape index (κ2) is 8.25. The van der Waals surface area contributed by atoms with Crippen LogP contribution < -0.4 is 11.2 Å². The van der Waals surface area contributed by atoms with Crippen molar-refractivity contribution in [1.82, 2.24) is 9.55 Å². The lowest BCUT2D eigenvalue weighted by atomic mass is 10.2. The Bertz CT molecular complexity index is 937. The lowest BCUT2D eigenvalue weighted by Gasteiger charge is -2.15. The summed E-state index contributed by atoms with van der Waals surface area (Å²) in [5, 5.41) is 20.2. The number of aliphatic hydroxyl groups excluding tert-OH is 1. The van der Waals surface area contributed by atoms with Gasteiger partial charge in [-0.2, -0.15) is 0 Å². The molecule has 0 spiro atoms. The molecule has 144 valence electrons. The third-order valence-electron chi connectivity index (χ3n) is 4.34. The standard InChI is InChI=1S/C17H19N3O7/c21-8-13-5-6-15(27-13)19-7-12(16(22)18-17(19)23)10-26-9-11-3-1-2-4-14(11)20(24)25/h1-4,7,13,15,21H,5-6,8-10H2,(H,18,22,23)/t13-,15+/m0/s1. The molecule has 2 heterocycles. The third-order valence-corrected chi connectivity index (χ3v) is 4.34. The van der Waals surface area contributed by atoms with Gasteiger partial charge in [0, 0.05) is 12.3 Å². The summed E-state index contributed by atoms with van der Waals surface area (Å²) in [7, 11) is 0. The van der Waals surface area contributed by atoms with Crippen LogP contribution >= 0.6 is 0 Å². The summed E-state index contributed by atoms with van der Waals surface area (Å²) in [6, 6.07) is 6.17. The summed E-state index contributed by atoms with van der Waals surface area (Å²) >= 11 is 0. The van der Waals surface area contributed by atoms with Gasteiger partial charge in [-0.05, 0) is 18.9 Å². The van der Waals surface area contributed by atoms with Gasteiger partial charge in [0.25, 0.3) is 11.2 Å². The van der Waals surface area contributed by atoms with Gasteiger partial charge in [-0.25, -0.2) is 4.79 Å². The number of aromatic amines is 1. The van der Waals surface area contributed by atoms with E-state index in [9.17, 15) is 19.7 Å². The fraction of sp³-hybridized carbons (Fsp3) is 0.412. The molecule has 3 rings (SSSR count). The molecule has 27 heavy (non-hydrogen) atoms.